The van der Waals surface area contributed by atoms with Crippen molar-refractivity contribution in [3.63, 3.8) is 0 Å². The van der Waals surface area contributed by atoms with Crippen LogP contribution in [0.1, 0.15) is 56.4 Å². The molecule has 0 aliphatic carbocycles. The number of carbonyl (C=O) groups is 1. The monoisotopic (exact) mass is 435 g/mol. The fourth-order valence-electron chi connectivity index (χ4n) is 2.07. The largest absolute Gasteiger partial charge is 0.459 e. The van der Waals surface area contributed by atoms with Gasteiger partial charge >= 0.3 is 13.6 Å². The highest BCUT2D eigenvalue weighted by Gasteiger charge is 2.35. The molecule has 0 aliphatic rings. The van der Waals surface area contributed by atoms with E-state index >= 15 is 0 Å². The predicted octanol–water partition coefficient (Wildman–Crippen LogP) is 4.69. The van der Waals surface area contributed by atoms with Crippen LogP contribution in [0.2, 0.25) is 0 Å². The van der Waals surface area contributed by atoms with E-state index in [1.54, 1.807) is 58.9 Å². The third-order valence-electron chi connectivity index (χ3n) is 3.13. The molecule has 0 heterocycles. The Morgan fingerprint density at radius 2 is 1.56 bits per heavy atom. The number of carbonyl (C=O) groups excluding carboxylic acids is 1. The molecule has 0 fully saturated rings. The van der Waals surface area contributed by atoms with Gasteiger partial charge in [-0.05, 0) is 45.7 Å². The summed E-state index contributed by atoms with van der Waals surface area (Å²) in [7, 11) is -3.32. The molecule has 2 unspecified atom stereocenters. The number of hydrogen-bond acceptors (Lipinski definition) is 6. The van der Waals surface area contributed by atoms with Gasteiger partial charge in [0, 0.05) is 0 Å². The molecular weight excluding hydrogens is 409 g/mol. The molecule has 0 radical (unpaired) electrons. The molecule has 2 N–H and O–H groups in total. The Labute approximate surface area is 158 Å². The number of halogens is 1. The second-order valence-corrected chi connectivity index (χ2v) is 10.1. The lowest BCUT2D eigenvalue weighted by Crippen LogP contribution is -2.31. The molecule has 0 aromatic heterocycles. The Bertz CT molecular complexity index is 604. The van der Waals surface area contributed by atoms with Crippen molar-refractivity contribution in [2.45, 2.75) is 50.8 Å². The first-order valence-electron chi connectivity index (χ1n) is 8.15. The molecule has 2 atom stereocenters. The first-order chi connectivity index (χ1) is 11.5. The van der Waals surface area contributed by atoms with E-state index in [4.69, 9.17) is 19.5 Å². The van der Waals surface area contributed by atoms with E-state index in [1.807, 2.05) is 0 Å². The standard InChI is InChI=1S/C17H27BrNO5P/c1-6-22-25(21,23-7-2)15(18)13-10-8-12(9-11-13)14(19)16(20)24-17(3,4)5/h8-11,14-15H,6-7,19H2,1-5H3. The average Bonchev–Trinajstić information content (AvgIpc) is 2.52. The maximum atomic E-state index is 12.8. The quantitative estimate of drug-likeness (QED) is 0.362. The van der Waals surface area contributed by atoms with Gasteiger partial charge in [-0.2, -0.15) is 0 Å². The molecule has 0 aliphatic heterocycles. The van der Waals surface area contributed by atoms with E-state index in [0.29, 0.717) is 11.1 Å². The van der Waals surface area contributed by atoms with Gasteiger partial charge in [-0.15, -0.1) is 0 Å². The van der Waals surface area contributed by atoms with Gasteiger partial charge in [0.25, 0.3) is 0 Å². The highest BCUT2D eigenvalue weighted by molar-refractivity contribution is 9.10. The topological polar surface area (TPSA) is 87.9 Å². The summed E-state index contributed by atoms with van der Waals surface area (Å²) in [5.74, 6) is -0.495. The van der Waals surface area contributed by atoms with Gasteiger partial charge in [-0.25, -0.2) is 4.79 Å². The van der Waals surface area contributed by atoms with E-state index < -0.39 is 29.8 Å². The van der Waals surface area contributed by atoms with Crippen LogP contribution in [-0.4, -0.2) is 24.8 Å². The molecule has 8 heteroatoms. The average molecular weight is 436 g/mol. The molecule has 1 aromatic carbocycles. The van der Waals surface area contributed by atoms with Crippen molar-refractivity contribution in [1.82, 2.24) is 0 Å². The van der Waals surface area contributed by atoms with Crippen molar-refractivity contribution in [2.24, 2.45) is 5.73 Å². The van der Waals surface area contributed by atoms with Gasteiger partial charge in [-0.1, -0.05) is 40.2 Å². The summed E-state index contributed by atoms with van der Waals surface area (Å²) in [5, 5.41) is 0. The summed E-state index contributed by atoms with van der Waals surface area (Å²) in [5.41, 5.74) is 6.69. The maximum Gasteiger partial charge on any atom is 0.348 e. The van der Waals surface area contributed by atoms with Crippen molar-refractivity contribution in [3.05, 3.63) is 35.4 Å². The van der Waals surface area contributed by atoms with Crippen LogP contribution in [0.5, 0.6) is 0 Å². The minimum absolute atomic E-state index is 0.279. The van der Waals surface area contributed by atoms with Gasteiger partial charge in [0.05, 0.1) is 13.2 Å². The molecule has 6 nitrogen and oxygen atoms in total. The lowest BCUT2D eigenvalue weighted by molar-refractivity contribution is -0.156. The van der Waals surface area contributed by atoms with Crippen molar-refractivity contribution in [3.8, 4) is 0 Å². The zero-order chi connectivity index (χ0) is 19.3. The molecule has 142 valence electrons. The van der Waals surface area contributed by atoms with E-state index in [-0.39, 0.29) is 13.2 Å². The van der Waals surface area contributed by atoms with E-state index in [2.05, 4.69) is 15.9 Å². The van der Waals surface area contributed by atoms with Crippen LogP contribution in [0.25, 0.3) is 0 Å². The smallest absolute Gasteiger partial charge is 0.348 e. The van der Waals surface area contributed by atoms with Crippen molar-refractivity contribution < 1.29 is 23.1 Å². The number of rotatable bonds is 8. The van der Waals surface area contributed by atoms with Gasteiger partial charge in [0.1, 0.15) is 16.2 Å². The van der Waals surface area contributed by atoms with Crippen molar-refractivity contribution in [2.75, 3.05) is 13.2 Å². The minimum Gasteiger partial charge on any atom is -0.459 e. The van der Waals surface area contributed by atoms with Crippen LogP contribution in [0.15, 0.2) is 24.3 Å². The molecular formula is C17H27BrNO5P. The van der Waals surface area contributed by atoms with Gasteiger partial charge < -0.3 is 19.5 Å². The van der Waals surface area contributed by atoms with Crippen LogP contribution in [0, 0.1) is 0 Å². The fourth-order valence-corrected chi connectivity index (χ4v) is 4.68. The zero-order valence-electron chi connectivity index (χ0n) is 15.3. The van der Waals surface area contributed by atoms with Crippen LogP contribution < -0.4 is 5.73 Å². The number of ether oxygens (including phenoxy) is 1. The highest BCUT2D eigenvalue weighted by atomic mass is 79.9. The van der Waals surface area contributed by atoms with Gasteiger partial charge in [-0.3, -0.25) is 4.57 Å². The predicted molar refractivity (Wildman–Crippen MR) is 102 cm³/mol. The van der Waals surface area contributed by atoms with Crippen molar-refractivity contribution in [1.29, 1.82) is 0 Å². The van der Waals surface area contributed by atoms with Crippen LogP contribution in [-0.2, 0) is 23.1 Å². The second-order valence-electron chi connectivity index (χ2n) is 6.39. The van der Waals surface area contributed by atoms with Gasteiger partial charge in [0.15, 0.2) is 0 Å². The number of nitrogens with two attached hydrogens (primary N) is 1. The Morgan fingerprint density at radius 1 is 1.12 bits per heavy atom. The third kappa shape index (κ3) is 6.50. The molecule has 0 spiro atoms. The number of hydrogen-bond donors (Lipinski definition) is 1. The first kappa shape index (κ1) is 22.3. The molecule has 0 saturated carbocycles. The lowest BCUT2D eigenvalue weighted by atomic mass is 10.1. The molecule has 1 aromatic rings. The molecule has 25 heavy (non-hydrogen) atoms. The summed E-state index contributed by atoms with van der Waals surface area (Å²) >= 11 is 3.40. The molecule has 1 rings (SSSR count). The fraction of sp³-hybridized carbons (Fsp3) is 0.588. The SMILES string of the molecule is CCOP(=O)(OCC)C(Br)c1ccc(C(N)C(=O)OC(C)(C)C)cc1. The summed E-state index contributed by atoms with van der Waals surface area (Å²) in [6, 6.07) is 6.02. The van der Waals surface area contributed by atoms with Crippen LogP contribution in [0.4, 0.5) is 0 Å². The van der Waals surface area contributed by atoms with E-state index in [1.165, 1.54) is 0 Å². The number of benzene rings is 1. The summed E-state index contributed by atoms with van der Waals surface area (Å²) < 4.78 is 28.2. The Kier molecular flexibility index (Phi) is 8.29. The van der Waals surface area contributed by atoms with Gasteiger partial charge in [0.2, 0.25) is 0 Å². The van der Waals surface area contributed by atoms with Crippen LogP contribution in [0.3, 0.4) is 0 Å². The normalized spacial score (nSPS) is 14.8. The Hall–Kier alpha value is -0.720. The van der Waals surface area contributed by atoms with Crippen molar-refractivity contribution >= 4 is 29.5 Å². The van der Waals surface area contributed by atoms with E-state index in [9.17, 15) is 9.36 Å². The number of alkyl halides is 1. The molecule has 0 bridgehead atoms. The zero-order valence-corrected chi connectivity index (χ0v) is 17.8. The lowest BCUT2D eigenvalue weighted by Gasteiger charge is -2.23. The Balaban J connectivity index is 2.94. The molecule has 0 amide bonds. The van der Waals surface area contributed by atoms with E-state index in [0.717, 1.165) is 0 Å². The summed E-state index contributed by atoms with van der Waals surface area (Å²) in [6.07, 6.45) is 0. The first-order valence-corrected chi connectivity index (χ1v) is 10.7. The highest BCUT2D eigenvalue weighted by Crippen LogP contribution is 2.63. The Morgan fingerprint density at radius 3 is 1.96 bits per heavy atom. The molecule has 0 saturated heterocycles. The summed E-state index contributed by atoms with van der Waals surface area (Å²) in [6.45, 7) is 9.43. The van der Waals surface area contributed by atoms with Crippen LogP contribution >= 0.6 is 23.5 Å². The second kappa shape index (κ2) is 9.28. The maximum absolute atomic E-state index is 12.8. The number of esters is 1. The summed E-state index contributed by atoms with van der Waals surface area (Å²) in [4.78, 5) is 12.1. The third-order valence-corrected chi connectivity index (χ3v) is 7.25. The minimum atomic E-state index is -3.32.